The van der Waals surface area contributed by atoms with Crippen LogP contribution in [0.4, 0.5) is 5.00 Å². The predicted molar refractivity (Wildman–Crippen MR) is 71.4 cm³/mol. The Kier molecular flexibility index (Phi) is 2.34. The van der Waals surface area contributed by atoms with Gasteiger partial charge in [0.05, 0.1) is 29.0 Å². The van der Waals surface area contributed by atoms with Gasteiger partial charge < -0.3 is 14.9 Å². The topological polar surface area (TPSA) is 65.5 Å². The number of carbonyl (C=O) groups is 1. The Morgan fingerprint density at radius 1 is 1.42 bits per heavy atom. The molecule has 2 atom stereocenters. The van der Waals surface area contributed by atoms with Crippen LogP contribution in [0.1, 0.15) is 45.5 Å². The van der Waals surface area contributed by atoms with Gasteiger partial charge in [0, 0.05) is 11.3 Å². The standard InChI is InChI=1S/C14H13NO3S/c15-14-11(12(16)9-2-1-5-17-9)8-6-7-3-4-10(18-7)13(8)19-14/h1-2,5,7,10H,3-4,6,15H2. The lowest BCUT2D eigenvalue weighted by Crippen LogP contribution is -2.18. The highest BCUT2D eigenvalue weighted by molar-refractivity contribution is 7.16. The van der Waals surface area contributed by atoms with E-state index in [1.807, 2.05) is 0 Å². The first-order valence-corrected chi connectivity index (χ1v) is 7.20. The van der Waals surface area contributed by atoms with Crippen LogP contribution in [0.25, 0.3) is 0 Å². The third-order valence-corrected chi connectivity index (χ3v) is 5.02. The highest BCUT2D eigenvalue weighted by Crippen LogP contribution is 2.48. The first-order chi connectivity index (χ1) is 9.24. The third-order valence-electron chi connectivity index (χ3n) is 3.87. The van der Waals surface area contributed by atoms with Crippen LogP contribution >= 0.6 is 11.3 Å². The largest absolute Gasteiger partial charge is 0.461 e. The molecule has 0 spiro atoms. The molecule has 2 aliphatic rings. The second-order valence-corrected chi connectivity index (χ2v) is 6.10. The minimum Gasteiger partial charge on any atom is -0.461 e. The molecule has 1 fully saturated rings. The zero-order valence-corrected chi connectivity index (χ0v) is 11.0. The summed E-state index contributed by atoms with van der Waals surface area (Å²) in [4.78, 5) is 13.6. The Bertz CT molecular complexity index is 644. The molecular weight excluding hydrogens is 262 g/mol. The van der Waals surface area contributed by atoms with E-state index < -0.39 is 0 Å². The number of nitrogen functional groups attached to an aromatic ring is 1. The van der Waals surface area contributed by atoms with Crippen molar-refractivity contribution in [1.82, 2.24) is 0 Å². The van der Waals surface area contributed by atoms with Gasteiger partial charge in [0.2, 0.25) is 5.78 Å². The van der Waals surface area contributed by atoms with Crippen molar-refractivity contribution in [2.45, 2.75) is 31.5 Å². The summed E-state index contributed by atoms with van der Waals surface area (Å²) in [5, 5.41) is 0.586. The summed E-state index contributed by atoms with van der Waals surface area (Å²) in [5.41, 5.74) is 7.78. The molecule has 2 aromatic rings. The van der Waals surface area contributed by atoms with Crippen LogP contribution < -0.4 is 5.73 Å². The lowest BCUT2D eigenvalue weighted by Gasteiger charge is -2.20. The highest BCUT2D eigenvalue weighted by Gasteiger charge is 2.39. The molecule has 5 heteroatoms. The summed E-state index contributed by atoms with van der Waals surface area (Å²) in [5.74, 6) is 0.243. The molecule has 2 aliphatic heterocycles. The van der Waals surface area contributed by atoms with Crippen molar-refractivity contribution < 1.29 is 13.9 Å². The summed E-state index contributed by atoms with van der Waals surface area (Å²) < 4.78 is 11.1. The maximum Gasteiger partial charge on any atom is 0.231 e. The number of anilines is 1. The molecule has 19 heavy (non-hydrogen) atoms. The maximum atomic E-state index is 12.5. The Morgan fingerprint density at radius 3 is 3.11 bits per heavy atom. The summed E-state index contributed by atoms with van der Waals surface area (Å²) in [7, 11) is 0. The van der Waals surface area contributed by atoms with E-state index in [9.17, 15) is 4.79 Å². The van der Waals surface area contributed by atoms with Crippen LogP contribution in [0.5, 0.6) is 0 Å². The van der Waals surface area contributed by atoms with Gasteiger partial charge in [-0.25, -0.2) is 0 Å². The molecule has 4 nitrogen and oxygen atoms in total. The minimum atomic E-state index is -0.110. The van der Waals surface area contributed by atoms with Gasteiger partial charge in [0.15, 0.2) is 5.76 Å². The van der Waals surface area contributed by atoms with Crippen molar-refractivity contribution in [3.63, 3.8) is 0 Å². The zero-order chi connectivity index (χ0) is 13.0. The molecule has 0 amide bonds. The van der Waals surface area contributed by atoms with Gasteiger partial charge in [-0.3, -0.25) is 4.79 Å². The van der Waals surface area contributed by atoms with E-state index in [0.29, 0.717) is 16.3 Å². The molecule has 4 heterocycles. The number of thiophene rings is 1. The van der Waals surface area contributed by atoms with Crippen molar-refractivity contribution >= 4 is 22.1 Å². The van der Waals surface area contributed by atoms with E-state index in [-0.39, 0.29) is 18.0 Å². The van der Waals surface area contributed by atoms with Crippen molar-refractivity contribution in [2.75, 3.05) is 5.73 Å². The molecule has 0 saturated carbocycles. The SMILES string of the molecule is Nc1sc2c(c1C(=O)c1ccco1)CC1CCC2O1. The van der Waals surface area contributed by atoms with Crippen LogP contribution in [-0.4, -0.2) is 11.9 Å². The molecule has 0 radical (unpaired) electrons. The highest BCUT2D eigenvalue weighted by atomic mass is 32.1. The number of hydrogen-bond donors (Lipinski definition) is 1. The van der Waals surface area contributed by atoms with Gasteiger partial charge in [0.1, 0.15) is 0 Å². The Labute approximate surface area is 114 Å². The molecule has 2 bridgehead atoms. The van der Waals surface area contributed by atoms with Gasteiger partial charge in [-0.2, -0.15) is 0 Å². The number of rotatable bonds is 2. The van der Waals surface area contributed by atoms with Crippen molar-refractivity contribution in [1.29, 1.82) is 0 Å². The lowest BCUT2D eigenvalue weighted by atomic mass is 9.98. The Balaban J connectivity index is 1.84. The number of carbonyl (C=O) groups excluding carboxylic acids is 1. The van der Waals surface area contributed by atoms with E-state index in [2.05, 4.69) is 0 Å². The van der Waals surface area contributed by atoms with Crippen LogP contribution in [-0.2, 0) is 11.2 Å². The molecular formula is C14H13NO3S. The van der Waals surface area contributed by atoms with E-state index >= 15 is 0 Å². The van der Waals surface area contributed by atoms with Crippen molar-refractivity contribution in [3.05, 3.63) is 40.2 Å². The summed E-state index contributed by atoms with van der Waals surface area (Å²) >= 11 is 1.49. The van der Waals surface area contributed by atoms with Crippen molar-refractivity contribution in [3.8, 4) is 0 Å². The van der Waals surface area contributed by atoms with Crippen LogP contribution in [0.2, 0.25) is 0 Å². The van der Waals surface area contributed by atoms with E-state index in [1.165, 1.54) is 17.6 Å². The molecule has 2 unspecified atom stereocenters. The average Bonchev–Trinajstić information content (AvgIpc) is 3.10. The molecule has 2 N–H and O–H groups in total. The number of hydrogen-bond acceptors (Lipinski definition) is 5. The Morgan fingerprint density at radius 2 is 2.32 bits per heavy atom. The number of nitrogens with two attached hydrogens (primary N) is 1. The van der Waals surface area contributed by atoms with Gasteiger partial charge in [-0.1, -0.05) is 0 Å². The molecule has 0 aliphatic carbocycles. The maximum absolute atomic E-state index is 12.5. The molecule has 4 rings (SSSR count). The fourth-order valence-electron chi connectivity index (χ4n) is 3.02. The predicted octanol–water partition coefficient (Wildman–Crippen LogP) is 2.93. The second kappa shape index (κ2) is 3.95. The number of ketones is 1. The molecule has 98 valence electrons. The van der Waals surface area contributed by atoms with Gasteiger partial charge in [0.25, 0.3) is 0 Å². The quantitative estimate of drug-likeness (QED) is 0.856. The molecule has 0 aromatic carbocycles. The van der Waals surface area contributed by atoms with Crippen LogP contribution in [0.3, 0.4) is 0 Å². The van der Waals surface area contributed by atoms with Crippen molar-refractivity contribution in [2.24, 2.45) is 0 Å². The smallest absolute Gasteiger partial charge is 0.231 e. The number of ether oxygens (including phenoxy) is 1. The summed E-state index contributed by atoms with van der Waals surface area (Å²) in [6, 6.07) is 3.40. The molecule has 2 aromatic heterocycles. The van der Waals surface area contributed by atoms with E-state index in [0.717, 1.165) is 29.7 Å². The fourth-order valence-corrected chi connectivity index (χ4v) is 4.19. The third kappa shape index (κ3) is 1.58. The minimum absolute atomic E-state index is 0.110. The fraction of sp³-hybridized carbons (Fsp3) is 0.357. The van der Waals surface area contributed by atoms with Gasteiger partial charge >= 0.3 is 0 Å². The lowest BCUT2D eigenvalue weighted by molar-refractivity contribution is 0.0348. The van der Waals surface area contributed by atoms with Crippen LogP contribution in [0, 0.1) is 0 Å². The van der Waals surface area contributed by atoms with Crippen LogP contribution in [0.15, 0.2) is 22.8 Å². The normalized spacial score (nSPS) is 24.4. The van der Waals surface area contributed by atoms with Gasteiger partial charge in [-0.15, -0.1) is 11.3 Å². The summed E-state index contributed by atoms with van der Waals surface area (Å²) in [6.45, 7) is 0. The summed E-state index contributed by atoms with van der Waals surface area (Å²) in [6.07, 6.45) is 4.79. The number of fused-ring (bicyclic) bond motifs is 4. The average molecular weight is 275 g/mol. The van der Waals surface area contributed by atoms with E-state index in [4.69, 9.17) is 14.9 Å². The second-order valence-electron chi connectivity index (χ2n) is 5.02. The molecule has 1 saturated heterocycles. The Hall–Kier alpha value is -1.59. The first kappa shape index (κ1) is 11.3. The first-order valence-electron chi connectivity index (χ1n) is 6.38. The number of furan rings is 1. The van der Waals surface area contributed by atoms with Gasteiger partial charge in [-0.05, 0) is 30.5 Å². The monoisotopic (exact) mass is 275 g/mol. The van der Waals surface area contributed by atoms with E-state index in [1.54, 1.807) is 12.1 Å². The zero-order valence-electron chi connectivity index (χ0n) is 10.2.